The number of amides is 1. The highest BCUT2D eigenvalue weighted by Gasteiger charge is 2.29. The van der Waals surface area contributed by atoms with Crippen LogP contribution in [0, 0.1) is 12.8 Å². The number of nitrogens with zero attached hydrogens (tertiary/aromatic N) is 5. The number of carbonyl (C=O) groups excluding carboxylic acids is 1. The van der Waals surface area contributed by atoms with Crippen LogP contribution >= 0.6 is 0 Å². The number of anilines is 3. The van der Waals surface area contributed by atoms with Crippen molar-refractivity contribution in [1.82, 2.24) is 15.0 Å². The van der Waals surface area contributed by atoms with Gasteiger partial charge in [0.1, 0.15) is 23.8 Å². The van der Waals surface area contributed by atoms with Crippen molar-refractivity contribution in [3.05, 3.63) is 36.3 Å². The summed E-state index contributed by atoms with van der Waals surface area (Å²) in [4.78, 5) is 30.3. The van der Waals surface area contributed by atoms with E-state index in [1.165, 1.54) is 0 Å². The van der Waals surface area contributed by atoms with Gasteiger partial charge in [0.25, 0.3) is 0 Å². The molecule has 2 aromatic rings. The van der Waals surface area contributed by atoms with Crippen LogP contribution in [0.2, 0.25) is 0 Å². The Morgan fingerprint density at radius 1 is 1.21 bits per heavy atom. The van der Waals surface area contributed by atoms with Crippen molar-refractivity contribution in [2.45, 2.75) is 38.6 Å². The number of carbonyl (C=O) groups is 1. The minimum absolute atomic E-state index is 0.00182. The lowest BCUT2D eigenvalue weighted by Crippen LogP contribution is -2.41. The van der Waals surface area contributed by atoms with Crippen molar-refractivity contribution in [2.24, 2.45) is 5.92 Å². The van der Waals surface area contributed by atoms with Gasteiger partial charge in [0.15, 0.2) is 0 Å². The zero-order chi connectivity index (χ0) is 20.2. The lowest BCUT2D eigenvalue weighted by molar-refractivity contribution is -0.120. The van der Waals surface area contributed by atoms with E-state index in [1.54, 1.807) is 6.33 Å². The number of aliphatic hydroxyl groups is 1. The number of hydrogen-bond donors (Lipinski definition) is 2. The van der Waals surface area contributed by atoms with Gasteiger partial charge in [-0.3, -0.25) is 4.79 Å². The maximum absolute atomic E-state index is 12.8. The maximum Gasteiger partial charge on any atom is 0.230 e. The predicted octanol–water partition coefficient (Wildman–Crippen LogP) is 2.00. The van der Waals surface area contributed by atoms with Crippen LogP contribution in [0.15, 0.2) is 30.6 Å². The molecule has 0 radical (unpaired) electrons. The third kappa shape index (κ3) is 4.48. The fraction of sp³-hybridized carbons (Fsp3) is 0.524. The Balaban J connectivity index is 1.44. The number of pyridine rings is 1. The highest BCUT2D eigenvalue weighted by Crippen LogP contribution is 2.28. The lowest BCUT2D eigenvalue weighted by atomic mass is 9.97. The van der Waals surface area contributed by atoms with Gasteiger partial charge in [-0.1, -0.05) is 6.07 Å². The van der Waals surface area contributed by atoms with Crippen LogP contribution in [-0.2, 0) is 4.79 Å². The standard InChI is InChI=1S/C21H28N6O2/c1-15-5-2-8-18(24-15)25-21(29)16-6-3-9-26(12-16)19-11-20(23-14-22-19)27-10-4-7-17(27)13-28/h2,5,8,11,14,16-17,28H,3-4,6-7,9-10,12-13H2,1H3,(H,24,25,29). The molecule has 2 N–H and O–H groups in total. The Kier molecular flexibility index (Phi) is 5.89. The number of aliphatic hydroxyl groups excluding tert-OH is 1. The smallest absolute Gasteiger partial charge is 0.230 e. The molecule has 2 saturated heterocycles. The SMILES string of the molecule is Cc1cccc(NC(=O)C2CCCN(c3cc(N4CCCC4CO)ncn3)C2)n1. The molecule has 8 heteroatoms. The van der Waals surface area contributed by atoms with Crippen molar-refractivity contribution in [2.75, 3.05) is 41.4 Å². The van der Waals surface area contributed by atoms with Crippen molar-refractivity contribution in [3.63, 3.8) is 0 Å². The van der Waals surface area contributed by atoms with E-state index < -0.39 is 0 Å². The Hall–Kier alpha value is -2.74. The second-order valence-electron chi connectivity index (χ2n) is 7.85. The van der Waals surface area contributed by atoms with Crippen molar-refractivity contribution in [1.29, 1.82) is 0 Å². The highest BCUT2D eigenvalue weighted by molar-refractivity contribution is 5.92. The van der Waals surface area contributed by atoms with E-state index in [1.807, 2.05) is 31.2 Å². The Bertz CT molecular complexity index is 861. The summed E-state index contributed by atoms with van der Waals surface area (Å²) in [6, 6.07) is 7.73. The van der Waals surface area contributed by atoms with E-state index in [0.717, 1.165) is 56.1 Å². The molecule has 29 heavy (non-hydrogen) atoms. The molecule has 0 aliphatic carbocycles. The molecule has 2 unspecified atom stereocenters. The molecule has 0 aromatic carbocycles. The van der Waals surface area contributed by atoms with E-state index in [0.29, 0.717) is 12.4 Å². The van der Waals surface area contributed by atoms with Crippen molar-refractivity contribution < 1.29 is 9.90 Å². The monoisotopic (exact) mass is 396 g/mol. The van der Waals surface area contributed by atoms with E-state index in [4.69, 9.17) is 0 Å². The molecule has 2 aromatic heterocycles. The summed E-state index contributed by atoms with van der Waals surface area (Å²) in [5, 5.41) is 12.6. The summed E-state index contributed by atoms with van der Waals surface area (Å²) < 4.78 is 0. The van der Waals surface area contributed by atoms with Gasteiger partial charge in [0, 0.05) is 31.4 Å². The van der Waals surface area contributed by atoms with E-state index in [9.17, 15) is 9.90 Å². The molecule has 2 aliphatic heterocycles. The van der Waals surface area contributed by atoms with E-state index in [2.05, 4.69) is 30.1 Å². The molecule has 4 rings (SSSR count). The summed E-state index contributed by atoms with van der Waals surface area (Å²) in [6.45, 7) is 4.44. The number of rotatable bonds is 5. The van der Waals surface area contributed by atoms with Crippen LogP contribution in [0.1, 0.15) is 31.4 Å². The Morgan fingerprint density at radius 3 is 2.86 bits per heavy atom. The minimum Gasteiger partial charge on any atom is -0.394 e. The summed E-state index contributed by atoms with van der Waals surface area (Å²) in [5.74, 6) is 2.18. The van der Waals surface area contributed by atoms with Crippen molar-refractivity contribution >= 4 is 23.4 Å². The summed E-state index contributed by atoms with van der Waals surface area (Å²) in [6.07, 6.45) is 5.41. The quantitative estimate of drug-likeness (QED) is 0.798. The largest absolute Gasteiger partial charge is 0.394 e. The summed E-state index contributed by atoms with van der Waals surface area (Å²) >= 11 is 0. The average Bonchev–Trinajstić information content (AvgIpc) is 3.23. The van der Waals surface area contributed by atoms with Gasteiger partial charge in [0.05, 0.1) is 18.6 Å². The van der Waals surface area contributed by atoms with Crippen molar-refractivity contribution in [3.8, 4) is 0 Å². The molecule has 0 bridgehead atoms. The number of aryl methyl sites for hydroxylation is 1. The third-order valence-corrected chi connectivity index (χ3v) is 5.78. The molecule has 2 atom stereocenters. The Labute approximate surface area is 171 Å². The fourth-order valence-electron chi connectivity index (χ4n) is 4.23. The first-order valence-electron chi connectivity index (χ1n) is 10.3. The molecule has 2 fully saturated rings. The van der Waals surface area contributed by atoms with Gasteiger partial charge in [-0.25, -0.2) is 15.0 Å². The molecule has 0 saturated carbocycles. The first-order chi connectivity index (χ1) is 14.1. The van der Waals surface area contributed by atoms with Gasteiger partial charge in [-0.15, -0.1) is 0 Å². The van der Waals surface area contributed by atoms with E-state index in [-0.39, 0.29) is 24.5 Å². The molecule has 154 valence electrons. The van der Waals surface area contributed by atoms with Crippen LogP contribution in [0.4, 0.5) is 17.5 Å². The van der Waals surface area contributed by atoms with Crippen LogP contribution in [0.5, 0.6) is 0 Å². The first kappa shape index (κ1) is 19.6. The first-order valence-corrected chi connectivity index (χ1v) is 10.3. The Morgan fingerprint density at radius 2 is 2.03 bits per heavy atom. The third-order valence-electron chi connectivity index (χ3n) is 5.78. The zero-order valence-electron chi connectivity index (χ0n) is 16.8. The normalized spacial score (nSPS) is 22.0. The van der Waals surface area contributed by atoms with E-state index >= 15 is 0 Å². The molecule has 2 aliphatic rings. The van der Waals surface area contributed by atoms with Crippen LogP contribution in [-0.4, -0.2) is 58.2 Å². The molecule has 4 heterocycles. The van der Waals surface area contributed by atoms with Crippen LogP contribution in [0.3, 0.4) is 0 Å². The average molecular weight is 396 g/mol. The number of piperidine rings is 1. The highest BCUT2D eigenvalue weighted by atomic mass is 16.3. The van der Waals surface area contributed by atoms with Gasteiger partial charge in [0.2, 0.25) is 5.91 Å². The van der Waals surface area contributed by atoms with Gasteiger partial charge < -0.3 is 20.2 Å². The van der Waals surface area contributed by atoms with Crippen LogP contribution in [0.25, 0.3) is 0 Å². The summed E-state index contributed by atoms with van der Waals surface area (Å²) in [7, 11) is 0. The zero-order valence-corrected chi connectivity index (χ0v) is 16.8. The second kappa shape index (κ2) is 8.73. The molecule has 0 spiro atoms. The predicted molar refractivity (Wildman–Crippen MR) is 112 cm³/mol. The van der Waals surface area contributed by atoms with Gasteiger partial charge in [-0.05, 0) is 44.7 Å². The maximum atomic E-state index is 12.8. The number of nitrogens with one attached hydrogen (secondary N) is 1. The lowest BCUT2D eigenvalue weighted by Gasteiger charge is -2.33. The van der Waals surface area contributed by atoms with Gasteiger partial charge in [-0.2, -0.15) is 0 Å². The topological polar surface area (TPSA) is 94.5 Å². The van der Waals surface area contributed by atoms with Gasteiger partial charge >= 0.3 is 0 Å². The second-order valence-corrected chi connectivity index (χ2v) is 7.85. The molecular weight excluding hydrogens is 368 g/mol. The fourth-order valence-corrected chi connectivity index (χ4v) is 4.23. The van der Waals surface area contributed by atoms with Crippen LogP contribution < -0.4 is 15.1 Å². The molecular formula is C21H28N6O2. The summed E-state index contributed by atoms with van der Waals surface area (Å²) in [5.41, 5.74) is 0.879. The number of hydrogen-bond acceptors (Lipinski definition) is 7. The molecule has 1 amide bonds. The molecule has 8 nitrogen and oxygen atoms in total. The number of aromatic nitrogens is 3. The minimum atomic E-state index is -0.110.